The maximum absolute atomic E-state index is 13.2. The minimum absolute atomic E-state index is 0.0656. The van der Waals surface area contributed by atoms with E-state index >= 15 is 0 Å². The molecule has 0 spiro atoms. The first-order valence-electron chi connectivity index (χ1n) is 9.67. The molecular formula is C21H20N4O2S2. The summed E-state index contributed by atoms with van der Waals surface area (Å²) >= 11 is 3.04. The average Bonchev–Trinajstić information content (AvgIpc) is 3.48. The van der Waals surface area contributed by atoms with Gasteiger partial charge in [0.1, 0.15) is 5.76 Å². The van der Waals surface area contributed by atoms with Crippen molar-refractivity contribution in [2.45, 2.75) is 37.4 Å². The summed E-state index contributed by atoms with van der Waals surface area (Å²) < 4.78 is 8.70. The number of thiazole rings is 1. The molecule has 0 saturated carbocycles. The van der Waals surface area contributed by atoms with Crippen LogP contribution in [0.15, 0.2) is 64.0 Å². The summed E-state index contributed by atoms with van der Waals surface area (Å²) in [5.41, 5.74) is 2.18. The number of thioether (sulfide) groups is 1. The second kappa shape index (κ2) is 8.04. The summed E-state index contributed by atoms with van der Waals surface area (Å²) in [5, 5.41) is 9.35. The van der Waals surface area contributed by atoms with Gasteiger partial charge in [-0.25, -0.2) is 0 Å². The molecule has 29 heavy (non-hydrogen) atoms. The topological polar surface area (TPSA) is 63.6 Å². The number of amides is 1. The Bertz CT molecular complexity index is 1180. The van der Waals surface area contributed by atoms with Gasteiger partial charge in [-0.05, 0) is 49.9 Å². The third-order valence-electron chi connectivity index (χ3n) is 5.04. The lowest BCUT2D eigenvalue weighted by molar-refractivity contribution is -0.127. The van der Waals surface area contributed by atoms with Crippen LogP contribution in [-0.2, 0) is 11.3 Å². The van der Waals surface area contributed by atoms with E-state index in [4.69, 9.17) is 4.42 Å². The van der Waals surface area contributed by atoms with Crippen LogP contribution in [-0.4, -0.2) is 31.2 Å². The zero-order chi connectivity index (χ0) is 19.6. The lowest BCUT2D eigenvalue weighted by Crippen LogP contribution is -2.32. The van der Waals surface area contributed by atoms with Crippen molar-refractivity contribution in [2.24, 2.45) is 0 Å². The number of carbonyl (C=O) groups excluding carboxylic acids is 1. The fourth-order valence-electron chi connectivity index (χ4n) is 3.63. The molecule has 0 aliphatic heterocycles. The van der Waals surface area contributed by atoms with E-state index < -0.39 is 0 Å². The van der Waals surface area contributed by atoms with Gasteiger partial charge in [0, 0.05) is 5.70 Å². The fourth-order valence-corrected chi connectivity index (χ4v) is 5.47. The highest BCUT2D eigenvalue weighted by Crippen LogP contribution is 2.30. The van der Waals surface area contributed by atoms with Crippen LogP contribution < -0.4 is 0 Å². The van der Waals surface area contributed by atoms with Crippen LogP contribution in [0.3, 0.4) is 0 Å². The van der Waals surface area contributed by atoms with Gasteiger partial charge < -0.3 is 9.32 Å². The molecule has 148 valence electrons. The highest BCUT2D eigenvalue weighted by atomic mass is 32.2. The van der Waals surface area contributed by atoms with Crippen LogP contribution in [0.4, 0.5) is 0 Å². The summed E-state index contributed by atoms with van der Waals surface area (Å²) in [4.78, 5) is 15.9. The largest absolute Gasteiger partial charge is 0.467 e. The van der Waals surface area contributed by atoms with Gasteiger partial charge in [-0.1, -0.05) is 41.3 Å². The van der Waals surface area contributed by atoms with Crippen LogP contribution in [0.25, 0.3) is 15.2 Å². The Morgan fingerprint density at radius 1 is 1.21 bits per heavy atom. The van der Waals surface area contributed by atoms with E-state index in [0.717, 1.165) is 51.1 Å². The number of furan rings is 1. The van der Waals surface area contributed by atoms with E-state index in [1.807, 2.05) is 33.6 Å². The number of para-hydroxylation sites is 1. The van der Waals surface area contributed by atoms with Gasteiger partial charge in [-0.15, -0.1) is 10.2 Å². The van der Waals surface area contributed by atoms with Crippen LogP contribution in [0.5, 0.6) is 0 Å². The van der Waals surface area contributed by atoms with Crippen LogP contribution in [0.2, 0.25) is 0 Å². The number of allylic oxidation sites excluding steroid dienone is 2. The Labute approximate surface area is 176 Å². The summed E-state index contributed by atoms with van der Waals surface area (Å²) in [6, 6.07) is 11.9. The van der Waals surface area contributed by atoms with Gasteiger partial charge in [-0.3, -0.25) is 9.20 Å². The number of hydrogen-bond donors (Lipinski definition) is 0. The standard InChI is InChI=1S/C21H20N4O2S2/c26-19(24(13-16-9-6-12-27-16)15-7-2-1-3-8-15)14-28-20-22-23-21-25(20)17-10-4-5-11-18(17)29-21/h4-7,9-12H,1-3,8,13-14H2. The second-order valence-electron chi connectivity index (χ2n) is 6.96. The van der Waals surface area contributed by atoms with Crippen molar-refractivity contribution < 1.29 is 9.21 Å². The van der Waals surface area contributed by atoms with Crippen molar-refractivity contribution in [3.63, 3.8) is 0 Å². The highest BCUT2D eigenvalue weighted by molar-refractivity contribution is 7.99. The molecule has 3 heterocycles. The van der Waals surface area contributed by atoms with Gasteiger partial charge in [-0.2, -0.15) is 0 Å². The van der Waals surface area contributed by atoms with E-state index in [1.54, 1.807) is 17.6 Å². The lowest BCUT2D eigenvalue weighted by Gasteiger charge is -2.27. The summed E-state index contributed by atoms with van der Waals surface area (Å²) in [6.07, 6.45) is 8.10. The first kappa shape index (κ1) is 18.4. The average molecular weight is 425 g/mol. The maximum atomic E-state index is 13.2. The summed E-state index contributed by atoms with van der Waals surface area (Å²) in [7, 11) is 0. The molecule has 0 unspecified atom stereocenters. The van der Waals surface area contributed by atoms with Gasteiger partial charge in [0.15, 0.2) is 5.16 Å². The number of hydrogen-bond acceptors (Lipinski definition) is 6. The number of aromatic nitrogens is 3. The number of benzene rings is 1. The Morgan fingerprint density at radius 2 is 2.14 bits per heavy atom. The first-order chi connectivity index (χ1) is 14.3. The van der Waals surface area contributed by atoms with Crippen molar-refractivity contribution in [3.8, 4) is 0 Å². The molecule has 0 bridgehead atoms. The molecule has 5 rings (SSSR count). The Morgan fingerprint density at radius 3 is 2.97 bits per heavy atom. The van der Waals surface area contributed by atoms with Crippen molar-refractivity contribution >= 4 is 44.2 Å². The lowest BCUT2D eigenvalue weighted by atomic mass is 10.0. The monoisotopic (exact) mass is 424 g/mol. The molecule has 0 radical (unpaired) electrons. The van der Waals surface area contributed by atoms with Crippen LogP contribution in [0.1, 0.15) is 31.4 Å². The Balaban J connectivity index is 1.37. The Hall–Kier alpha value is -2.58. The predicted molar refractivity (Wildman–Crippen MR) is 115 cm³/mol. The first-order valence-corrected chi connectivity index (χ1v) is 11.5. The molecular weight excluding hydrogens is 404 g/mol. The van der Waals surface area contributed by atoms with E-state index in [1.165, 1.54) is 18.2 Å². The third kappa shape index (κ3) is 3.70. The van der Waals surface area contributed by atoms with Crippen LogP contribution >= 0.6 is 23.1 Å². The number of fused-ring (bicyclic) bond motifs is 3. The molecule has 0 saturated heterocycles. The number of rotatable bonds is 6. The SMILES string of the molecule is O=C(CSc1nnc2sc3ccccc3n12)N(Cc1ccco1)C1=CCCCC1. The smallest absolute Gasteiger partial charge is 0.237 e. The van der Waals surface area contributed by atoms with E-state index in [-0.39, 0.29) is 5.91 Å². The number of nitrogens with zero attached hydrogens (tertiary/aromatic N) is 4. The highest BCUT2D eigenvalue weighted by Gasteiger charge is 2.22. The zero-order valence-corrected chi connectivity index (χ0v) is 17.4. The normalized spacial score (nSPS) is 14.4. The Kier molecular flexibility index (Phi) is 5.12. The molecule has 0 fully saturated rings. The van der Waals surface area contributed by atoms with Gasteiger partial charge in [0.2, 0.25) is 10.9 Å². The third-order valence-corrected chi connectivity index (χ3v) is 6.97. The summed E-state index contributed by atoms with van der Waals surface area (Å²) in [6.45, 7) is 0.467. The molecule has 1 aliphatic rings. The molecule has 1 aromatic carbocycles. The van der Waals surface area contributed by atoms with Crippen molar-refractivity contribution in [1.82, 2.24) is 19.5 Å². The molecule has 0 atom stereocenters. The number of carbonyl (C=O) groups is 1. The molecule has 3 aromatic heterocycles. The van der Waals surface area contributed by atoms with Gasteiger partial charge in [0.25, 0.3) is 0 Å². The predicted octanol–water partition coefficient (Wildman–Crippen LogP) is 5.12. The quantitative estimate of drug-likeness (QED) is 0.402. The maximum Gasteiger partial charge on any atom is 0.237 e. The molecule has 6 nitrogen and oxygen atoms in total. The summed E-state index contributed by atoms with van der Waals surface area (Å²) in [5.74, 6) is 1.17. The van der Waals surface area contributed by atoms with Crippen molar-refractivity contribution in [2.75, 3.05) is 5.75 Å². The van der Waals surface area contributed by atoms with Crippen molar-refractivity contribution in [3.05, 3.63) is 60.2 Å². The minimum Gasteiger partial charge on any atom is -0.467 e. The van der Waals surface area contributed by atoms with E-state index in [9.17, 15) is 4.79 Å². The molecule has 0 N–H and O–H groups in total. The minimum atomic E-state index is 0.0656. The molecule has 1 amide bonds. The zero-order valence-electron chi connectivity index (χ0n) is 15.8. The fraction of sp³-hybridized carbons (Fsp3) is 0.286. The van der Waals surface area contributed by atoms with E-state index in [0.29, 0.717) is 12.3 Å². The molecule has 1 aliphatic carbocycles. The van der Waals surface area contributed by atoms with Crippen molar-refractivity contribution in [1.29, 1.82) is 0 Å². The molecule has 8 heteroatoms. The van der Waals surface area contributed by atoms with E-state index in [2.05, 4.69) is 28.4 Å². The van der Waals surface area contributed by atoms with Gasteiger partial charge >= 0.3 is 0 Å². The van der Waals surface area contributed by atoms with Gasteiger partial charge in [0.05, 0.1) is 28.8 Å². The van der Waals surface area contributed by atoms with Crippen LogP contribution in [0, 0.1) is 0 Å². The second-order valence-corrected chi connectivity index (χ2v) is 8.91. The molecule has 4 aromatic rings.